The van der Waals surface area contributed by atoms with Gasteiger partial charge in [-0.15, -0.1) is 11.3 Å². The molecule has 0 amide bonds. The van der Waals surface area contributed by atoms with Crippen molar-refractivity contribution in [3.05, 3.63) is 45.6 Å². The van der Waals surface area contributed by atoms with Crippen molar-refractivity contribution >= 4 is 39.0 Å². The first-order valence-electron chi connectivity index (χ1n) is 6.88. The molecule has 2 heterocycles. The van der Waals surface area contributed by atoms with Crippen LogP contribution in [0.25, 0.3) is 10.2 Å². The Bertz CT molecular complexity index is 814. The van der Waals surface area contributed by atoms with Crippen LogP contribution >= 0.6 is 22.9 Å². The third-order valence-electron chi connectivity index (χ3n) is 3.62. The van der Waals surface area contributed by atoms with Crippen LogP contribution in [-0.2, 0) is 6.54 Å². The zero-order valence-electron chi connectivity index (χ0n) is 12.6. The number of aromatic nitrogens is 2. The number of nitrogens with zero attached hydrogens (tertiary/aromatic N) is 2. The Kier molecular flexibility index (Phi) is 4.18. The highest BCUT2D eigenvalue weighted by Crippen LogP contribution is 2.34. The van der Waals surface area contributed by atoms with Gasteiger partial charge in [0.1, 0.15) is 16.4 Å². The van der Waals surface area contributed by atoms with E-state index in [1.165, 1.54) is 10.4 Å². The number of fused-ring (bicyclic) bond motifs is 1. The Morgan fingerprint density at radius 2 is 1.91 bits per heavy atom. The second-order valence-corrected chi connectivity index (χ2v) is 6.55. The van der Waals surface area contributed by atoms with Gasteiger partial charge in [0.15, 0.2) is 0 Å². The number of aryl methyl sites for hydroxylation is 2. The van der Waals surface area contributed by atoms with E-state index in [4.69, 9.17) is 16.3 Å². The molecule has 4 nitrogen and oxygen atoms in total. The topological polar surface area (TPSA) is 47.0 Å². The molecule has 0 saturated heterocycles. The van der Waals surface area contributed by atoms with Gasteiger partial charge in [0, 0.05) is 11.4 Å². The van der Waals surface area contributed by atoms with Crippen LogP contribution < -0.4 is 10.1 Å². The van der Waals surface area contributed by atoms with Crippen molar-refractivity contribution in [1.29, 1.82) is 0 Å². The van der Waals surface area contributed by atoms with Gasteiger partial charge in [-0.2, -0.15) is 0 Å². The van der Waals surface area contributed by atoms with Gasteiger partial charge in [-0.1, -0.05) is 12.1 Å². The zero-order chi connectivity index (χ0) is 15.7. The number of methoxy groups -OCH3 is 1. The first-order chi connectivity index (χ1) is 10.6. The Morgan fingerprint density at radius 3 is 2.59 bits per heavy atom. The molecule has 0 radical (unpaired) electrons. The third-order valence-corrected chi connectivity index (χ3v) is 4.89. The van der Waals surface area contributed by atoms with E-state index >= 15 is 0 Å². The van der Waals surface area contributed by atoms with E-state index < -0.39 is 0 Å². The van der Waals surface area contributed by atoms with Gasteiger partial charge >= 0.3 is 0 Å². The van der Waals surface area contributed by atoms with Gasteiger partial charge in [0.2, 0.25) is 5.28 Å². The molecular weight excluding hydrogens is 318 g/mol. The maximum atomic E-state index is 6.03. The first kappa shape index (κ1) is 15.1. The van der Waals surface area contributed by atoms with Gasteiger partial charge in [0.25, 0.3) is 0 Å². The number of thiophene rings is 1. The molecule has 2 aromatic heterocycles. The summed E-state index contributed by atoms with van der Waals surface area (Å²) < 4.78 is 5.17. The van der Waals surface area contributed by atoms with Crippen molar-refractivity contribution in [3.8, 4) is 5.75 Å². The highest BCUT2D eigenvalue weighted by atomic mass is 35.5. The summed E-state index contributed by atoms with van der Waals surface area (Å²) in [6.45, 7) is 4.84. The van der Waals surface area contributed by atoms with Crippen LogP contribution in [0.3, 0.4) is 0 Å². The molecule has 0 saturated carbocycles. The van der Waals surface area contributed by atoms with Crippen molar-refractivity contribution in [1.82, 2.24) is 9.97 Å². The minimum absolute atomic E-state index is 0.269. The predicted molar refractivity (Wildman–Crippen MR) is 92.2 cm³/mol. The first-order valence-corrected chi connectivity index (χ1v) is 8.08. The lowest BCUT2D eigenvalue weighted by molar-refractivity contribution is 0.414. The highest BCUT2D eigenvalue weighted by Gasteiger charge is 2.13. The third kappa shape index (κ3) is 2.87. The maximum Gasteiger partial charge on any atom is 0.225 e. The van der Waals surface area contributed by atoms with Crippen LogP contribution in [0.15, 0.2) is 24.3 Å². The SMILES string of the molecule is COc1ccc(CNc2nc(Cl)nc3sc(C)c(C)c23)cc1. The smallest absolute Gasteiger partial charge is 0.225 e. The number of nitrogens with one attached hydrogen (secondary N) is 1. The maximum absolute atomic E-state index is 6.03. The fourth-order valence-electron chi connectivity index (χ4n) is 2.28. The molecule has 0 atom stereocenters. The number of hydrogen-bond donors (Lipinski definition) is 1. The van der Waals surface area contributed by atoms with Crippen molar-refractivity contribution in [2.75, 3.05) is 12.4 Å². The van der Waals surface area contributed by atoms with Crippen LogP contribution in [0.2, 0.25) is 5.28 Å². The summed E-state index contributed by atoms with van der Waals surface area (Å²) >= 11 is 7.68. The van der Waals surface area contributed by atoms with Gasteiger partial charge in [-0.3, -0.25) is 0 Å². The van der Waals surface area contributed by atoms with Crippen molar-refractivity contribution in [2.45, 2.75) is 20.4 Å². The van der Waals surface area contributed by atoms with E-state index in [1.807, 2.05) is 24.3 Å². The van der Waals surface area contributed by atoms with E-state index in [9.17, 15) is 0 Å². The lowest BCUT2D eigenvalue weighted by Gasteiger charge is -2.09. The number of hydrogen-bond acceptors (Lipinski definition) is 5. The van der Waals surface area contributed by atoms with E-state index in [1.54, 1.807) is 18.4 Å². The fraction of sp³-hybridized carbons (Fsp3) is 0.250. The molecule has 114 valence electrons. The summed E-state index contributed by atoms with van der Waals surface area (Å²) in [7, 11) is 1.66. The van der Waals surface area contributed by atoms with E-state index in [0.29, 0.717) is 6.54 Å². The van der Waals surface area contributed by atoms with E-state index in [2.05, 4.69) is 29.1 Å². The number of anilines is 1. The van der Waals surface area contributed by atoms with E-state index in [-0.39, 0.29) is 5.28 Å². The minimum Gasteiger partial charge on any atom is -0.497 e. The van der Waals surface area contributed by atoms with Gasteiger partial charge in [-0.25, -0.2) is 9.97 Å². The van der Waals surface area contributed by atoms with Gasteiger partial charge in [-0.05, 0) is 48.7 Å². The molecule has 0 aliphatic rings. The molecule has 0 aliphatic heterocycles. The van der Waals surface area contributed by atoms with Crippen LogP contribution in [0.1, 0.15) is 16.0 Å². The predicted octanol–water partition coefficient (Wildman–Crippen LogP) is 4.58. The van der Waals surface area contributed by atoms with Gasteiger partial charge < -0.3 is 10.1 Å². The molecule has 0 unspecified atom stereocenters. The standard InChI is InChI=1S/C16H16ClN3OS/c1-9-10(2)22-15-13(9)14(19-16(17)20-15)18-8-11-4-6-12(21-3)7-5-11/h4-7H,8H2,1-3H3,(H,18,19,20). The van der Waals surface area contributed by atoms with Crippen molar-refractivity contribution in [2.24, 2.45) is 0 Å². The summed E-state index contributed by atoms with van der Waals surface area (Å²) in [4.78, 5) is 10.8. The van der Waals surface area contributed by atoms with Crippen molar-refractivity contribution in [3.63, 3.8) is 0 Å². The lowest BCUT2D eigenvalue weighted by atomic mass is 10.2. The summed E-state index contributed by atoms with van der Waals surface area (Å²) in [6.07, 6.45) is 0. The summed E-state index contributed by atoms with van der Waals surface area (Å²) in [5, 5.41) is 4.69. The lowest BCUT2D eigenvalue weighted by Crippen LogP contribution is -2.03. The molecule has 3 aromatic rings. The number of halogens is 1. The molecule has 0 aliphatic carbocycles. The normalized spacial score (nSPS) is 10.9. The average molecular weight is 334 g/mol. The van der Waals surface area contributed by atoms with Gasteiger partial charge in [0.05, 0.1) is 12.5 Å². The monoisotopic (exact) mass is 333 g/mol. The number of rotatable bonds is 4. The molecule has 3 rings (SSSR count). The molecule has 1 aromatic carbocycles. The summed E-state index contributed by atoms with van der Waals surface area (Å²) in [5.74, 6) is 1.63. The van der Waals surface area contributed by atoms with Crippen LogP contribution in [-0.4, -0.2) is 17.1 Å². The molecule has 1 N–H and O–H groups in total. The Hall–Kier alpha value is -1.85. The highest BCUT2D eigenvalue weighted by molar-refractivity contribution is 7.18. The van der Waals surface area contributed by atoms with Crippen LogP contribution in [0, 0.1) is 13.8 Å². The van der Waals surface area contributed by atoms with Crippen LogP contribution in [0.4, 0.5) is 5.82 Å². The van der Waals surface area contributed by atoms with Crippen LogP contribution in [0.5, 0.6) is 5.75 Å². The quantitative estimate of drug-likeness (QED) is 0.710. The summed E-state index contributed by atoms with van der Waals surface area (Å²) in [6, 6.07) is 7.94. The molecule has 0 spiro atoms. The Morgan fingerprint density at radius 1 is 1.18 bits per heavy atom. The summed E-state index contributed by atoms with van der Waals surface area (Å²) in [5.41, 5.74) is 2.35. The second kappa shape index (κ2) is 6.10. The number of benzene rings is 1. The molecule has 22 heavy (non-hydrogen) atoms. The molecular formula is C16H16ClN3OS. The molecule has 6 heteroatoms. The minimum atomic E-state index is 0.269. The molecule has 0 fully saturated rings. The fourth-order valence-corrected chi connectivity index (χ4v) is 3.53. The second-order valence-electron chi connectivity index (χ2n) is 5.01. The Labute approximate surface area is 138 Å². The van der Waals surface area contributed by atoms with E-state index in [0.717, 1.165) is 27.3 Å². The van der Waals surface area contributed by atoms with Crippen molar-refractivity contribution < 1.29 is 4.74 Å². The Balaban J connectivity index is 1.89. The molecule has 0 bridgehead atoms. The largest absolute Gasteiger partial charge is 0.497 e. The zero-order valence-corrected chi connectivity index (χ0v) is 14.2. The number of ether oxygens (including phenoxy) is 1. The average Bonchev–Trinajstić information content (AvgIpc) is 2.80.